The largest absolute Gasteiger partial charge is 0.391 e. The van der Waals surface area contributed by atoms with E-state index < -0.39 is 5.97 Å². The van der Waals surface area contributed by atoms with Crippen molar-refractivity contribution in [2.75, 3.05) is 0 Å². The van der Waals surface area contributed by atoms with Gasteiger partial charge in [-0.3, -0.25) is 0 Å². The molecule has 1 aromatic rings. The van der Waals surface area contributed by atoms with E-state index in [2.05, 4.69) is 17.1 Å². The standard InChI is InChI=1S/C8H8O2S/c1-6-3-2-4-7(5-6)8(9)10-11/h2-5,11H,1H3. The van der Waals surface area contributed by atoms with Crippen LogP contribution in [0.5, 0.6) is 0 Å². The number of hydrogen-bond acceptors (Lipinski definition) is 3. The third kappa shape index (κ3) is 1.98. The zero-order chi connectivity index (χ0) is 8.27. The lowest BCUT2D eigenvalue weighted by molar-refractivity contribution is 0.0772. The lowest BCUT2D eigenvalue weighted by atomic mass is 10.1. The minimum absolute atomic E-state index is 0.419. The summed E-state index contributed by atoms with van der Waals surface area (Å²) in [6.07, 6.45) is 0. The van der Waals surface area contributed by atoms with E-state index in [0.29, 0.717) is 5.56 Å². The molecular formula is C8H8O2S. The molecule has 0 aromatic heterocycles. The summed E-state index contributed by atoms with van der Waals surface area (Å²) in [5, 5.41) is 0. The van der Waals surface area contributed by atoms with Crippen molar-refractivity contribution < 1.29 is 8.98 Å². The molecule has 0 N–H and O–H groups in total. The van der Waals surface area contributed by atoms with Crippen LogP contribution in [0, 0.1) is 6.92 Å². The Morgan fingerprint density at radius 2 is 2.27 bits per heavy atom. The molecule has 0 radical (unpaired) electrons. The third-order valence-electron chi connectivity index (χ3n) is 1.34. The second-order valence-corrected chi connectivity index (χ2v) is 2.43. The Morgan fingerprint density at radius 1 is 1.55 bits per heavy atom. The Labute approximate surface area is 70.8 Å². The van der Waals surface area contributed by atoms with Gasteiger partial charge in [-0.05, 0) is 19.1 Å². The average molecular weight is 168 g/mol. The predicted octanol–water partition coefficient (Wildman–Crippen LogP) is 2.00. The maximum atomic E-state index is 10.9. The quantitative estimate of drug-likeness (QED) is 0.512. The van der Waals surface area contributed by atoms with E-state index >= 15 is 0 Å². The van der Waals surface area contributed by atoms with Gasteiger partial charge in [-0.15, -0.1) is 0 Å². The Kier molecular flexibility index (Phi) is 2.54. The Morgan fingerprint density at radius 3 is 2.82 bits per heavy atom. The molecule has 0 spiro atoms. The van der Waals surface area contributed by atoms with E-state index in [9.17, 15) is 4.79 Å². The van der Waals surface area contributed by atoms with Gasteiger partial charge in [0.25, 0.3) is 0 Å². The van der Waals surface area contributed by atoms with Crippen LogP contribution in [0.25, 0.3) is 0 Å². The van der Waals surface area contributed by atoms with Crippen LogP contribution in [0.2, 0.25) is 0 Å². The van der Waals surface area contributed by atoms with Crippen molar-refractivity contribution in [3.63, 3.8) is 0 Å². The van der Waals surface area contributed by atoms with E-state index in [4.69, 9.17) is 0 Å². The van der Waals surface area contributed by atoms with E-state index in [1.165, 1.54) is 0 Å². The molecule has 0 heterocycles. The normalized spacial score (nSPS) is 9.27. The number of carbonyl (C=O) groups is 1. The summed E-state index contributed by atoms with van der Waals surface area (Å²) in [4.78, 5) is 10.9. The van der Waals surface area contributed by atoms with E-state index in [-0.39, 0.29) is 0 Å². The molecule has 1 aromatic carbocycles. The third-order valence-corrected chi connectivity index (χ3v) is 1.50. The maximum Gasteiger partial charge on any atom is 0.349 e. The molecule has 0 atom stereocenters. The van der Waals surface area contributed by atoms with Gasteiger partial charge in [0.1, 0.15) is 0 Å². The molecule has 0 bridgehead atoms. The van der Waals surface area contributed by atoms with Crippen molar-refractivity contribution in [1.82, 2.24) is 0 Å². The summed E-state index contributed by atoms with van der Waals surface area (Å²) in [5.74, 6) is -0.419. The summed E-state index contributed by atoms with van der Waals surface area (Å²) in [7, 11) is 0. The first kappa shape index (κ1) is 8.14. The highest BCUT2D eigenvalue weighted by atomic mass is 32.1. The molecule has 0 aliphatic carbocycles. The molecule has 0 fully saturated rings. The fourth-order valence-corrected chi connectivity index (χ4v) is 0.930. The number of thiol groups is 1. The van der Waals surface area contributed by atoms with Gasteiger partial charge in [0.2, 0.25) is 0 Å². The predicted molar refractivity (Wildman–Crippen MR) is 45.6 cm³/mol. The van der Waals surface area contributed by atoms with Crippen molar-refractivity contribution in [3.8, 4) is 0 Å². The molecule has 0 aliphatic heterocycles. The van der Waals surface area contributed by atoms with Crippen LogP contribution in [0.1, 0.15) is 15.9 Å². The van der Waals surface area contributed by atoms with Gasteiger partial charge in [0, 0.05) is 12.9 Å². The van der Waals surface area contributed by atoms with Crippen molar-refractivity contribution in [1.29, 1.82) is 0 Å². The highest BCUT2D eigenvalue weighted by molar-refractivity contribution is 7.75. The van der Waals surface area contributed by atoms with Crippen LogP contribution >= 0.6 is 12.9 Å². The van der Waals surface area contributed by atoms with Crippen LogP contribution in [0.15, 0.2) is 24.3 Å². The lowest BCUT2D eigenvalue weighted by Gasteiger charge is -1.97. The molecule has 0 saturated heterocycles. The summed E-state index contributed by atoms with van der Waals surface area (Å²) >= 11 is 3.41. The molecule has 0 unspecified atom stereocenters. The summed E-state index contributed by atoms with van der Waals surface area (Å²) < 4.78 is 4.25. The topological polar surface area (TPSA) is 26.3 Å². The molecule has 0 aliphatic rings. The molecule has 2 nitrogen and oxygen atoms in total. The molecule has 1 rings (SSSR count). The Bertz CT molecular complexity index is 271. The van der Waals surface area contributed by atoms with Gasteiger partial charge in [0.15, 0.2) is 0 Å². The molecule has 0 amide bonds. The number of benzene rings is 1. The van der Waals surface area contributed by atoms with E-state index in [1.807, 2.05) is 13.0 Å². The fraction of sp³-hybridized carbons (Fsp3) is 0.125. The van der Waals surface area contributed by atoms with Crippen LogP contribution in [0.3, 0.4) is 0 Å². The number of aryl methyl sites for hydroxylation is 1. The SMILES string of the molecule is Cc1cccc(C(=O)OS)c1. The highest BCUT2D eigenvalue weighted by Crippen LogP contribution is 2.05. The van der Waals surface area contributed by atoms with Crippen LogP contribution in [-0.2, 0) is 4.18 Å². The zero-order valence-corrected chi connectivity index (χ0v) is 6.97. The Hall–Kier alpha value is -0.960. The molecule has 58 valence electrons. The smallest absolute Gasteiger partial charge is 0.349 e. The summed E-state index contributed by atoms with van der Waals surface area (Å²) in [5.41, 5.74) is 1.56. The molecule has 3 heteroatoms. The van der Waals surface area contributed by atoms with Gasteiger partial charge in [-0.25, -0.2) is 4.79 Å². The van der Waals surface area contributed by atoms with Gasteiger partial charge in [0.05, 0.1) is 5.56 Å². The number of hydrogen-bond donors (Lipinski definition) is 1. The van der Waals surface area contributed by atoms with Crippen molar-refractivity contribution in [3.05, 3.63) is 35.4 Å². The summed E-state index contributed by atoms with van der Waals surface area (Å²) in [6, 6.07) is 7.15. The van der Waals surface area contributed by atoms with Crippen LogP contribution in [0.4, 0.5) is 0 Å². The van der Waals surface area contributed by atoms with Crippen molar-refractivity contribution in [2.24, 2.45) is 0 Å². The Balaban J connectivity index is 2.96. The van der Waals surface area contributed by atoms with Gasteiger partial charge in [-0.1, -0.05) is 17.7 Å². The van der Waals surface area contributed by atoms with Crippen molar-refractivity contribution >= 4 is 18.9 Å². The second kappa shape index (κ2) is 3.44. The molecule has 0 saturated carbocycles. The first-order valence-corrected chi connectivity index (χ1v) is 3.53. The zero-order valence-electron chi connectivity index (χ0n) is 6.07. The first-order chi connectivity index (χ1) is 5.24. The number of carbonyl (C=O) groups excluding carboxylic acids is 1. The highest BCUT2D eigenvalue weighted by Gasteiger charge is 2.03. The lowest BCUT2D eigenvalue weighted by Crippen LogP contribution is -1.97. The monoisotopic (exact) mass is 168 g/mol. The maximum absolute atomic E-state index is 10.9. The molecule has 11 heavy (non-hydrogen) atoms. The van der Waals surface area contributed by atoms with E-state index in [1.54, 1.807) is 18.2 Å². The van der Waals surface area contributed by atoms with E-state index in [0.717, 1.165) is 5.56 Å². The fourth-order valence-electron chi connectivity index (χ4n) is 0.825. The van der Waals surface area contributed by atoms with Crippen LogP contribution < -0.4 is 0 Å². The van der Waals surface area contributed by atoms with Crippen LogP contribution in [-0.4, -0.2) is 5.97 Å². The van der Waals surface area contributed by atoms with Crippen molar-refractivity contribution in [2.45, 2.75) is 6.92 Å². The van der Waals surface area contributed by atoms with Gasteiger partial charge >= 0.3 is 5.97 Å². The molecular weight excluding hydrogens is 160 g/mol. The first-order valence-electron chi connectivity index (χ1n) is 3.16. The number of rotatable bonds is 1. The minimum Gasteiger partial charge on any atom is -0.391 e. The minimum atomic E-state index is -0.419. The summed E-state index contributed by atoms with van der Waals surface area (Å²) in [6.45, 7) is 1.91. The van der Waals surface area contributed by atoms with Gasteiger partial charge in [-0.2, -0.15) is 0 Å². The van der Waals surface area contributed by atoms with Gasteiger partial charge < -0.3 is 4.18 Å². The average Bonchev–Trinajstić information content (AvgIpc) is 2.03. The second-order valence-electron chi connectivity index (χ2n) is 2.25.